The second-order valence-electron chi connectivity index (χ2n) is 5.54. The number of hydrogen-bond donors (Lipinski definition) is 3. The van der Waals surface area contributed by atoms with Crippen LogP contribution >= 0.6 is 0 Å². The number of nitrogen functional groups attached to an aromatic ring is 1. The molecule has 0 aliphatic heterocycles. The Hall–Kier alpha value is -2.83. The van der Waals surface area contributed by atoms with Gasteiger partial charge in [0, 0.05) is 18.2 Å². The number of urea groups is 1. The standard InChI is InChI=1S/C18H21F2N3O2/c1-3-11(4-2)22-18(24)23-17-8-6-13(10-15(17)20)25-12-5-7-16(21)14(19)9-12/h5-11H,3-4,21H2,1-2H3,(H2,22,23,24). The zero-order valence-corrected chi connectivity index (χ0v) is 14.1. The minimum Gasteiger partial charge on any atom is -0.457 e. The zero-order chi connectivity index (χ0) is 18.4. The normalized spacial score (nSPS) is 10.6. The van der Waals surface area contributed by atoms with Gasteiger partial charge in [0.1, 0.15) is 23.1 Å². The average Bonchev–Trinajstić information content (AvgIpc) is 2.58. The molecule has 0 radical (unpaired) electrons. The van der Waals surface area contributed by atoms with Gasteiger partial charge in [-0.05, 0) is 37.1 Å². The Morgan fingerprint density at radius 1 is 1.08 bits per heavy atom. The molecule has 0 saturated carbocycles. The third-order valence-electron chi connectivity index (χ3n) is 3.72. The van der Waals surface area contributed by atoms with Crippen molar-refractivity contribution in [3.63, 3.8) is 0 Å². The average molecular weight is 349 g/mol. The molecule has 0 bridgehead atoms. The number of ether oxygens (including phenoxy) is 1. The summed E-state index contributed by atoms with van der Waals surface area (Å²) in [6.07, 6.45) is 1.58. The lowest BCUT2D eigenvalue weighted by atomic mass is 10.2. The molecule has 0 aliphatic rings. The Morgan fingerprint density at radius 2 is 1.68 bits per heavy atom. The Morgan fingerprint density at radius 3 is 2.24 bits per heavy atom. The molecular formula is C18H21F2N3O2. The van der Waals surface area contributed by atoms with Gasteiger partial charge in [-0.1, -0.05) is 13.8 Å². The van der Waals surface area contributed by atoms with Gasteiger partial charge in [0.25, 0.3) is 0 Å². The number of carbonyl (C=O) groups excluding carboxylic acids is 1. The number of amides is 2. The molecule has 5 nitrogen and oxygen atoms in total. The maximum atomic E-state index is 14.1. The molecule has 2 amide bonds. The molecular weight excluding hydrogens is 328 g/mol. The lowest BCUT2D eigenvalue weighted by molar-refractivity contribution is 0.247. The highest BCUT2D eigenvalue weighted by Gasteiger charge is 2.12. The molecule has 2 aromatic carbocycles. The van der Waals surface area contributed by atoms with Crippen molar-refractivity contribution in [2.24, 2.45) is 0 Å². The van der Waals surface area contributed by atoms with Gasteiger partial charge in [0.2, 0.25) is 0 Å². The molecule has 4 N–H and O–H groups in total. The number of hydrogen-bond acceptors (Lipinski definition) is 3. The van der Waals surface area contributed by atoms with Crippen LogP contribution in [0.3, 0.4) is 0 Å². The molecule has 0 heterocycles. The summed E-state index contributed by atoms with van der Waals surface area (Å²) in [4.78, 5) is 11.9. The van der Waals surface area contributed by atoms with E-state index >= 15 is 0 Å². The van der Waals surface area contributed by atoms with E-state index in [1.165, 1.54) is 24.3 Å². The van der Waals surface area contributed by atoms with Gasteiger partial charge < -0.3 is 21.1 Å². The van der Waals surface area contributed by atoms with Gasteiger partial charge in [-0.25, -0.2) is 13.6 Å². The van der Waals surface area contributed by atoms with Crippen LogP contribution in [0.1, 0.15) is 26.7 Å². The van der Waals surface area contributed by atoms with E-state index in [9.17, 15) is 13.6 Å². The smallest absolute Gasteiger partial charge is 0.319 e. The summed E-state index contributed by atoms with van der Waals surface area (Å²) in [7, 11) is 0. The van der Waals surface area contributed by atoms with Crippen LogP contribution in [0.2, 0.25) is 0 Å². The van der Waals surface area contributed by atoms with Crippen molar-refractivity contribution in [1.29, 1.82) is 0 Å². The molecule has 0 aliphatic carbocycles. The second kappa shape index (κ2) is 8.32. The van der Waals surface area contributed by atoms with Crippen LogP contribution in [0.5, 0.6) is 11.5 Å². The fourth-order valence-electron chi connectivity index (χ4n) is 2.20. The zero-order valence-electron chi connectivity index (χ0n) is 14.1. The fraction of sp³-hybridized carbons (Fsp3) is 0.278. The second-order valence-corrected chi connectivity index (χ2v) is 5.54. The van der Waals surface area contributed by atoms with Crippen LogP contribution in [0.15, 0.2) is 36.4 Å². The van der Waals surface area contributed by atoms with Crippen LogP contribution in [0.4, 0.5) is 25.0 Å². The van der Waals surface area contributed by atoms with Crippen molar-refractivity contribution in [2.75, 3.05) is 11.1 Å². The minimum absolute atomic E-state index is 0.00144. The minimum atomic E-state index is -0.659. The molecule has 0 fully saturated rings. The SMILES string of the molecule is CCC(CC)NC(=O)Nc1ccc(Oc2ccc(N)c(F)c2)cc1F. The predicted octanol–water partition coefficient (Wildman–Crippen LogP) is 4.65. The highest BCUT2D eigenvalue weighted by atomic mass is 19.1. The molecule has 0 saturated heterocycles. The Kier molecular flexibility index (Phi) is 6.16. The molecule has 7 heteroatoms. The number of benzene rings is 2. The first-order valence-electron chi connectivity index (χ1n) is 8.02. The van der Waals surface area contributed by atoms with Crippen molar-refractivity contribution < 1.29 is 18.3 Å². The first-order valence-corrected chi connectivity index (χ1v) is 8.02. The van der Waals surface area contributed by atoms with Crippen molar-refractivity contribution in [1.82, 2.24) is 5.32 Å². The van der Waals surface area contributed by atoms with Crippen molar-refractivity contribution in [3.8, 4) is 11.5 Å². The molecule has 0 unspecified atom stereocenters. The maximum Gasteiger partial charge on any atom is 0.319 e. The van der Waals surface area contributed by atoms with E-state index in [4.69, 9.17) is 10.5 Å². The summed E-state index contributed by atoms with van der Waals surface area (Å²) in [6, 6.07) is 7.48. The van der Waals surface area contributed by atoms with E-state index in [1.54, 1.807) is 0 Å². The van der Waals surface area contributed by atoms with Gasteiger partial charge >= 0.3 is 6.03 Å². The van der Waals surface area contributed by atoms with E-state index in [-0.39, 0.29) is 28.9 Å². The van der Waals surface area contributed by atoms with Crippen molar-refractivity contribution in [2.45, 2.75) is 32.7 Å². The molecule has 0 atom stereocenters. The van der Waals surface area contributed by atoms with Crippen molar-refractivity contribution in [3.05, 3.63) is 48.0 Å². The molecule has 2 rings (SSSR count). The summed E-state index contributed by atoms with van der Waals surface area (Å²) in [5.74, 6) is -0.909. The molecule has 2 aromatic rings. The van der Waals surface area contributed by atoms with Crippen molar-refractivity contribution >= 4 is 17.4 Å². The summed E-state index contributed by atoms with van der Waals surface area (Å²) in [5.41, 5.74) is 5.42. The number of nitrogens with one attached hydrogen (secondary N) is 2. The highest BCUT2D eigenvalue weighted by molar-refractivity contribution is 5.89. The fourth-order valence-corrected chi connectivity index (χ4v) is 2.20. The van der Waals surface area contributed by atoms with E-state index < -0.39 is 17.7 Å². The maximum absolute atomic E-state index is 14.1. The monoisotopic (exact) mass is 349 g/mol. The quantitative estimate of drug-likeness (QED) is 0.665. The Labute approximate surface area is 145 Å². The van der Waals surface area contributed by atoms with Crippen LogP contribution in [0.25, 0.3) is 0 Å². The van der Waals surface area contributed by atoms with Crippen LogP contribution in [0, 0.1) is 11.6 Å². The van der Waals surface area contributed by atoms with Gasteiger partial charge in [0.05, 0.1) is 11.4 Å². The number of carbonyl (C=O) groups is 1. The lowest BCUT2D eigenvalue weighted by Crippen LogP contribution is -2.37. The summed E-state index contributed by atoms with van der Waals surface area (Å²) < 4.78 is 32.9. The third-order valence-corrected chi connectivity index (χ3v) is 3.72. The van der Waals surface area contributed by atoms with Gasteiger partial charge in [-0.3, -0.25) is 0 Å². The summed E-state index contributed by atoms with van der Waals surface area (Å²) >= 11 is 0. The van der Waals surface area contributed by atoms with E-state index in [1.807, 2.05) is 13.8 Å². The highest BCUT2D eigenvalue weighted by Crippen LogP contribution is 2.27. The number of anilines is 2. The molecule has 25 heavy (non-hydrogen) atoms. The number of halogens is 2. The topological polar surface area (TPSA) is 76.4 Å². The van der Waals surface area contributed by atoms with E-state index in [0.29, 0.717) is 0 Å². The van der Waals surface area contributed by atoms with E-state index in [0.717, 1.165) is 25.0 Å². The molecule has 134 valence electrons. The van der Waals surface area contributed by atoms with E-state index in [2.05, 4.69) is 10.6 Å². The Balaban J connectivity index is 2.04. The first kappa shape index (κ1) is 18.5. The lowest BCUT2D eigenvalue weighted by Gasteiger charge is -2.16. The van der Waals surface area contributed by atoms with Crippen LogP contribution < -0.4 is 21.1 Å². The molecule has 0 aromatic heterocycles. The summed E-state index contributed by atoms with van der Waals surface area (Å²) in [5, 5.41) is 5.22. The van der Waals surface area contributed by atoms with Crippen LogP contribution in [-0.2, 0) is 0 Å². The van der Waals surface area contributed by atoms with Crippen LogP contribution in [-0.4, -0.2) is 12.1 Å². The van der Waals surface area contributed by atoms with Gasteiger partial charge in [-0.15, -0.1) is 0 Å². The largest absolute Gasteiger partial charge is 0.457 e. The summed E-state index contributed by atoms with van der Waals surface area (Å²) in [6.45, 7) is 3.92. The number of nitrogens with two attached hydrogens (primary N) is 1. The van der Waals surface area contributed by atoms with Gasteiger partial charge in [-0.2, -0.15) is 0 Å². The van der Waals surface area contributed by atoms with Gasteiger partial charge in [0.15, 0.2) is 0 Å². The predicted molar refractivity (Wildman–Crippen MR) is 93.8 cm³/mol. The Bertz CT molecular complexity index is 749. The third kappa shape index (κ3) is 5.07. The molecule has 0 spiro atoms. The first-order chi connectivity index (χ1) is 11.9. The number of rotatable bonds is 6.